The SMILES string of the molecule is NCCCOc1cc(O)ccc1O. The molecule has 0 aromatic heterocycles. The van der Waals surface area contributed by atoms with Crippen molar-refractivity contribution in [2.75, 3.05) is 13.2 Å². The van der Waals surface area contributed by atoms with Crippen molar-refractivity contribution in [3.63, 3.8) is 0 Å². The van der Waals surface area contributed by atoms with E-state index in [9.17, 15) is 5.11 Å². The molecule has 1 rings (SSSR count). The molecule has 1 aromatic carbocycles. The predicted octanol–water partition coefficient (Wildman–Crippen LogP) is 0.825. The Morgan fingerprint density at radius 2 is 2.08 bits per heavy atom. The Balaban J connectivity index is 2.59. The first kappa shape index (κ1) is 9.67. The number of hydrogen-bond acceptors (Lipinski definition) is 4. The van der Waals surface area contributed by atoms with Crippen molar-refractivity contribution >= 4 is 0 Å². The van der Waals surface area contributed by atoms with E-state index in [0.29, 0.717) is 13.2 Å². The van der Waals surface area contributed by atoms with Crippen molar-refractivity contribution in [3.05, 3.63) is 18.2 Å². The first-order valence-electron chi connectivity index (χ1n) is 4.09. The topological polar surface area (TPSA) is 75.7 Å². The van der Waals surface area contributed by atoms with E-state index in [1.807, 2.05) is 0 Å². The highest BCUT2D eigenvalue weighted by molar-refractivity contribution is 5.43. The largest absolute Gasteiger partial charge is 0.508 e. The Labute approximate surface area is 76.6 Å². The fourth-order valence-corrected chi connectivity index (χ4v) is 0.884. The molecule has 0 spiro atoms. The molecule has 0 unspecified atom stereocenters. The van der Waals surface area contributed by atoms with Gasteiger partial charge in [-0.05, 0) is 25.1 Å². The standard InChI is InChI=1S/C9H13NO3/c10-4-1-5-13-9-6-7(11)2-3-8(9)12/h2-3,6,11-12H,1,4-5,10H2. The number of benzene rings is 1. The van der Waals surface area contributed by atoms with Gasteiger partial charge >= 0.3 is 0 Å². The highest BCUT2D eigenvalue weighted by atomic mass is 16.5. The third kappa shape index (κ3) is 2.83. The molecule has 0 atom stereocenters. The minimum atomic E-state index is 0.0230. The second-order valence-electron chi connectivity index (χ2n) is 2.64. The monoisotopic (exact) mass is 183 g/mol. The Hall–Kier alpha value is -1.42. The van der Waals surface area contributed by atoms with Crippen LogP contribution in [0.1, 0.15) is 6.42 Å². The van der Waals surface area contributed by atoms with E-state index in [4.69, 9.17) is 15.6 Å². The summed E-state index contributed by atoms with van der Waals surface area (Å²) in [6, 6.07) is 4.14. The Morgan fingerprint density at radius 1 is 1.31 bits per heavy atom. The highest BCUT2D eigenvalue weighted by Crippen LogP contribution is 2.29. The van der Waals surface area contributed by atoms with Crippen LogP contribution in [0.5, 0.6) is 17.2 Å². The first-order valence-corrected chi connectivity index (χ1v) is 4.09. The molecule has 72 valence electrons. The van der Waals surface area contributed by atoms with Crippen LogP contribution in [0, 0.1) is 0 Å². The van der Waals surface area contributed by atoms with Gasteiger partial charge < -0.3 is 20.7 Å². The lowest BCUT2D eigenvalue weighted by Crippen LogP contribution is -2.06. The molecule has 0 aliphatic heterocycles. The molecule has 0 saturated heterocycles. The molecular formula is C9H13NO3. The second-order valence-corrected chi connectivity index (χ2v) is 2.64. The summed E-state index contributed by atoms with van der Waals surface area (Å²) in [5.74, 6) is 0.379. The summed E-state index contributed by atoms with van der Waals surface area (Å²) in [4.78, 5) is 0. The van der Waals surface area contributed by atoms with Crippen molar-refractivity contribution in [2.45, 2.75) is 6.42 Å². The minimum Gasteiger partial charge on any atom is -0.508 e. The molecule has 0 aliphatic carbocycles. The quantitative estimate of drug-likeness (QED) is 0.477. The molecule has 4 heteroatoms. The molecule has 4 nitrogen and oxygen atoms in total. The maximum atomic E-state index is 9.27. The van der Waals surface area contributed by atoms with E-state index in [1.165, 1.54) is 18.2 Å². The molecule has 0 fully saturated rings. The van der Waals surface area contributed by atoms with Crippen molar-refractivity contribution in [1.82, 2.24) is 0 Å². The summed E-state index contributed by atoms with van der Waals surface area (Å²) in [6.45, 7) is 0.979. The summed E-state index contributed by atoms with van der Waals surface area (Å²) in [5.41, 5.74) is 5.27. The van der Waals surface area contributed by atoms with Gasteiger partial charge in [-0.2, -0.15) is 0 Å². The highest BCUT2D eigenvalue weighted by Gasteiger charge is 2.02. The van der Waals surface area contributed by atoms with Gasteiger partial charge in [0.1, 0.15) is 5.75 Å². The van der Waals surface area contributed by atoms with Crippen LogP contribution >= 0.6 is 0 Å². The summed E-state index contributed by atoms with van der Waals surface area (Å²) < 4.78 is 5.17. The molecule has 13 heavy (non-hydrogen) atoms. The van der Waals surface area contributed by atoms with Gasteiger partial charge in [0, 0.05) is 6.07 Å². The number of rotatable bonds is 4. The van der Waals surface area contributed by atoms with E-state index in [2.05, 4.69) is 0 Å². The lowest BCUT2D eigenvalue weighted by atomic mass is 10.3. The van der Waals surface area contributed by atoms with Crippen LogP contribution in [-0.4, -0.2) is 23.4 Å². The zero-order chi connectivity index (χ0) is 9.68. The van der Waals surface area contributed by atoms with Gasteiger partial charge in [-0.3, -0.25) is 0 Å². The number of phenolic OH excluding ortho intramolecular Hbond substituents is 2. The summed E-state index contributed by atoms with van der Waals surface area (Å²) in [6.07, 6.45) is 0.717. The summed E-state index contributed by atoms with van der Waals surface area (Å²) in [7, 11) is 0. The smallest absolute Gasteiger partial charge is 0.164 e. The fraction of sp³-hybridized carbons (Fsp3) is 0.333. The molecule has 1 aromatic rings. The molecule has 4 N–H and O–H groups in total. The van der Waals surface area contributed by atoms with Crippen LogP contribution in [0.2, 0.25) is 0 Å². The average Bonchev–Trinajstić information content (AvgIpc) is 2.11. The van der Waals surface area contributed by atoms with Crippen LogP contribution in [0.25, 0.3) is 0 Å². The van der Waals surface area contributed by atoms with E-state index in [-0.39, 0.29) is 17.2 Å². The number of ether oxygens (including phenoxy) is 1. The maximum Gasteiger partial charge on any atom is 0.164 e. The van der Waals surface area contributed by atoms with Gasteiger partial charge in [-0.25, -0.2) is 0 Å². The third-order valence-electron chi connectivity index (χ3n) is 1.55. The second kappa shape index (κ2) is 4.57. The lowest BCUT2D eigenvalue weighted by molar-refractivity contribution is 0.294. The molecule has 0 aliphatic rings. The summed E-state index contributed by atoms with van der Waals surface area (Å²) in [5, 5.41) is 18.3. The van der Waals surface area contributed by atoms with Crippen molar-refractivity contribution in [2.24, 2.45) is 5.73 Å². The van der Waals surface area contributed by atoms with Crippen molar-refractivity contribution in [1.29, 1.82) is 0 Å². The number of aromatic hydroxyl groups is 2. The molecule has 0 radical (unpaired) electrons. The number of nitrogens with two attached hydrogens (primary N) is 1. The van der Waals surface area contributed by atoms with E-state index < -0.39 is 0 Å². The van der Waals surface area contributed by atoms with Crippen LogP contribution < -0.4 is 10.5 Å². The third-order valence-corrected chi connectivity index (χ3v) is 1.55. The molecule has 0 heterocycles. The average molecular weight is 183 g/mol. The van der Waals surface area contributed by atoms with Crippen LogP contribution in [-0.2, 0) is 0 Å². The van der Waals surface area contributed by atoms with Gasteiger partial charge in [0.15, 0.2) is 11.5 Å². The van der Waals surface area contributed by atoms with Crippen molar-refractivity contribution < 1.29 is 14.9 Å². The first-order chi connectivity index (χ1) is 6.24. The molecular weight excluding hydrogens is 170 g/mol. The van der Waals surface area contributed by atoms with E-state index >= 15 is 0 Å². The van der Waals surface area contributed by atoms with Crippen molar-refractivity contribution in [3.8, 4) is 17.2 Å². The van der Waals surface area contributed by atoms with Gasteiger partial charge in [0.25, 0.3) is 0 Å². The Morgan fingerprint density at radius 3 is 2.77 bits per heavy atom. The Bertz CT molecular complexity index is 276. The zero-order valence-electron chi connectivity index (χ0n) is 7.23. The lowest BCUT2D eigenvalue weighted by Gasteiger charge is -2.07. The van der Waals surface area contributed by atoms with E-state index in [0.717, 1.165) is 6.42 Å². The van der Waals surface area contributed by atoms with Crippen LogP contribution in [0.15, 0.2) is 18.2 Å². The van der Waals surface area contributed by atoms with Gasteiger partial charge in [0.2, 0.25) is 0 Å². The minimum absolute atomic E-state index is 0.0230. The number of phenols is 2. The van der Waals surface area contributed by atoms with Gasteiger partial charge in [-0.1, -0.05) is 0 Å². The molecule has 0 bridgehead atoms. The maximum absolute atomic E-state index is 9.27. The zero-order valence-corrected chi connectivity index (χ0v) is 7.23. The van der Waals surface area contributed by atoms with Gasteiger partial charge in [-0.15, -0.1) is 0 Å². The van der Waals surface area contributed by atoms with Gasteiger partial charge in [0.05, 0.1) is 6.61 Å². The molecule has 0 amide bonds. The Kier molecular flexibility index (Phi) is 3.40. The van der Waals surface area contributed by atoms with E-state index in [1.54, 1.807) is 0 Å². The summed E-state index contributed by atoms with van der Waals surface area (Å²) >= 11 is 0. The van der Waals surface area contributed by atoms with Crippen LogP contribution in [0.4, 0.5) is 0 Å². The molecule has 0 saturated carbocycles. The predicted molar refractivity (Wildman–Crippen MR) is 48.9 cm³/mol. The fourth-order valence-electron chi connectivity index (χ4n) is 0.884. The normalized spacial score (nSPS) is 9.92. The number of hydrogen-bond donors (Lipinski definition) is 3. The van der Waals surface area contributed by atoms with Crippen LogP contribution in [0.3, 0.4) is 0 Å².